The number of amides is 1. The maximum absolute atomic E-state index is 12.7. The Hall–Kier alpha value is -3.74. The maximum Gasteiger partial charge on any atom is 0.274 e. The van der Waals surface area contributed by atoms with Crippen LogP contribution < -0.4 is 10.4 Å². The highest BCUT2D eigenvalue weighted by Crippen LogP contribution is 2.21. The predicted octanol–water partition coefficient (Wildman–Crippen LogP) is 2.46. The summed E-state index contributed by atoms with van der Waals surface area (Å²) in [7, 11) is 0. The van der Waals surface area contributed by atoms with Crippen molar-refractivity contribution >= 4 is 24.0 Å². The molecular weight excluding hydrogens is 378 g/mol. The van der Waals surface area contributed by atoms with E-state index >= 15 is 0 Å². The van der Waals surface area contributed by atoms with E-state index in [1.807, 2.05) is 49.4 Å². The molecule has 1 fully saturated rings. The van der Waals surface area contributed by atoms with Gasteiger partial charge in [0.05, 0.1) is 5.69 Å². The lowest BCUT2D eigenvalue weighted by atomic mass is 10.1. The molecule has 3 aromatic rings. The number of nitrogens with zero attached hydrogens (tertiary/aromatic N) is 4. The lowest BCUT2D eigenvalue weighted by Crippen LogP contribution is -2.26. The fourth-order valence-corrected chi connectivity index (χ4v) is 2.99. The van der Waals surface area contributed by atoms with Gasteiger partial charge in [-0.05, 0) is 55.0 Å². The number of aromatic nitrogens is 3. The number of benzene rings is 2. The zero-order valence-corrected chi connectivity index (χ0v) is 16.7. The van der Waals surface area contributed by atoms with Crippen LogP contribution in [0.4, 0.5) is 0 Å². The first kappa shape index (κ1) is 19.6. The van der Waals surface area contributed by atoms with Gasteiger partial charge in [-0.2, -0.15) is 0 Å². The molecule has 0 bridgehead atoms. The van der Waals surface area contributed by atoms with Crippen molar-refractivity contribution in [3.8, 4) is 5.69 Å². The van der Waals surface area contributed by atoms with Gasteiger partial charge in [-0.15, -0.1) is 5.10 Å². The summed E-state index contributed by atoms with van der Waals surface area (Å²) in [6.45, 7) is 2.26. The summed E-state index contributed by atoms with van der Waals surface area (Å²) in [5.74, 6) is -0.485. The highest BCUT2D eigenvalue weighted by atomic mass is 16.3. The van der Waals surface area contributed by atoms with E-state index in [-0.39, 0.29) is 23.5 Å². The molecule has 1 aliphatic rings. The van der Waals surface area contributed by atoms with E-state index in [2.05, 4.69) is 20.6 Å². The summed E-state index contributed by atoms with van der Waals surface area (Å²) >= 11 is 0. The summed E-state index contributed by atoms with van der Waals surface area (Å²) in [6.07, 6.45) is 5.74. The predicted molar refractivity (Wildman–Crippen MR) is 114 cm³/mol. The largest absolute Gasteiger partial charge is 0.858 e. The van der Waals surface area contributed by atoms with E-state index in [0.717, 1.165) is 18.4 Å². The number of carbonyl (C=O) groups excluding carboxylic acids is 1. The van der Waals surface area contributed by atoms with Gasteiger partial charge in [-0.1, -0.05) is 53.8 Å². The molecule has 7 nitrogen and oxygen atoms in total. The Morgan fingerprint density at radius 1 is 1.17 bits per heavy atom. The molecule has 1 N–H and O–H groups in total. The number of nitrogens with one attached hydrogen (secondary N) is 1. The van der Waals surface area contributed by atoms with Crippen LogP contribution in [0.25, 0.3) is 17.8 Å². The molecule has 0 unspecified atom stereocenters. The molecule has 1 saturated carbocycles. The van der Waals surface area contributed by atoms with Crippen LogP contribution in [0.5, 0.6) is 0 Å². The number of hydrogen-bond acceptors (Lipinski definition) is 5. The molecule has 1 aliphatic carbocycles. The molecule has 30 heavy (non-hydrogen) atoms. The van der Waals surface area contributed by atoms with E-state index in [0.29, 0.717) is 23.5 Å². The smallest absolute Gasteiger partial charge is 0.274 e. The SMILES string of the molecule is CCN=C([O-])c1ccc(-n2nnc(C(=O)NC3CC3)c2/C=C/c2ccccc2)cc1. The zero-order chi connectivity index (χ0) is 20.9. The van der Waals surface area contributed by atoms with E-state index in [9.17, 15) is 9.90 Å². The van der Waals surface area contributed by atoms with Gasteiger partial charge >= 0.3 is 0 Å². The summed E-state index contributed by atoms with van der Waals surface area (Å²) in [4.78, 5) is 16.6. The molecular formula is C23H22N5O2-. The lowest BCUT2D eigenvalue weighted by Gasteiger charge is -2.11. The number of rotatable bonds is 7. The van der Waals surface area contributed by atoms with Crippen molar-refractivity contribution < 1.29 is 9.90 Å². The van der Waals surface area contributed by atoms with Gasteiger partial charge in [0.25, 0.3) is 5.91 Å². The highest BCUT2D eigenvalue weighted by Gasteiger charge is 2.27. The van der Waals surface area contributed by atoms with E-state index < -0.39 is 0 Å². The van der Waals surface area contributed by atoms with Crippen LogP contribution in [0.1, 0.15) is 47.1 Å². The Morgan fingerprint density at radius 3 is 2.57 bits per heavy atom. The van der Waals surface area contributed by atoms with Crippen LogP contribution in [-0.4, -0.2) is 39.4 Å². The summed E-state index contributed by atoms with van der Waals surface area (Å²) in [5, 5.41) is 23.3. The molecule has 1 heterocycles. The van der Waals surface area contributed by atoms with Gasteiger partial charge in [-0.25, -0.2) is 4.68 Å². The zero-order valence-electron chi connectivity index (χ0n) is 16.7. The second-order valence-corrected chi connectivity index (χ2v) is 7.05. The third-order valence-corrected chi connectivity index (χ3v) is 4.73. The molecule has 0 radical (unpaired) electrons. The normalized spacial score (nSPS) is 14.2. The number of hydrogen-bond donors (Lipinski definition) is 1. The number of carbonyl (C=O) groups is 1. The van der Waals surface area contributed by atoms with Crippen molar-refractivity contribution in [2.45, 2.75) is 25.8 Å². The van der Waals surface area contributed by atoms with Crippen LogP contribution in [0.3, 0.4) is 0 Å². The van der Waals surface area contributed by atoms with E-state index in [1.165, 1.54) is 0 Å². The number of aliphatic imine (C=N–C) groups is 1. The first-order valence-electron chi connectivity index (χ1n) is 9.97. The van der Waals surface area contributed by atoms with E-state index in [4.69, 9.17) is 0 Å². The summed E-state index contributed by atoms with van der Waals surface area (Å²) in [5.41, 5.74) is 3.06. The molecule has 0 saturated heterocycles. The van der Waals surface area contributed by atoms with Crippen LogP contribution in [-0.2, 0) is 0 Å². The first-order valence-corrected chi connectivity index (χ1v) is 9.97. The van der Waals surface area contributed by atoms with Crippen LogP contribution >= 0.6 is 0 Å². The maximum atomic E-state index is 12.7. The average Bonchev–Trinajstić information content (AvgIpc) is 3.48. The lowest BCUT2D eigenvalue weighted by molar-refractivity contribution is -0.213. The standard InChI is InChI=1S/C23H23N5O2/c1-2-24-22(29)17-9-13-19(14-10-17)28-20(15-8-16-6-4-3-5-7-16)21(26-27-28)23(30)25-18-11-12-18/h3-10,13-15,18H,2,11-12H2,1H3,(H,24,29)(H,25,30)/p-1/b15-8+. The Morgan fingerprint density at radius 2 is 1.90 bits per heavy atom. The van der Waals surface area contributed by atoms with Gasteiger partial charge in [-0.3, -0.25) is 4.79 Å². The summed E-state index contributed by atoms with van der Waals surface area (Å²) in [6, 6.07) is 17.0. The molecule has 152 valence electrons. The van der Waals surface area contributed by atoms with Crippen molar-refractivity contribution in [2.24, 2.45) is 4.99 Å². The Balaban J connectivity index is 1.70. The van der Waals surface area contributed by atoms with Crippen molar-refractivity contribution in [3.63, 3.8) is 0 Å². The third-order valence-electron chi connectivity index (χ3n) is 4.73. The quantitative estimate of drug-likeness (QED) is 0.487. The molecule has 0 atom stereocenters. The van der Waals surface area contributed by atoms with Gasteiger partial charge < -0.3 is 15.4 Å². The monoisotopic (exact) mass is 400 g/mol. The third kappa shape index (κ3) is 4.46. The fourth-order valence-electron chi connectivity index (χ4n) is 2.99. The van der Waals surface area contributed by atoms with Gasteiger partial charge in [0.2, 0.25) is 0 Å². The Bertz CT molecular complexity index is 1080. The minimum atomic E-state index is -0.253. The molecule has 4 rings (SSSR count). The highest BCUT2D eigenvalue weighted by molar-refractivity contribution is 5.96. The molecule has 0 aliphatic heterocycles. The minimum Gasteiger partial charge on any atom is -0.858 e. The molecule has 1 amide bonds. The van der Waals surface area contributed by atoms with E-state index in [1.54, 1.807) is 28.9 Å². The minimum absolute atomic E-state index is 0.223. The topological polar surface area (TPSA) is 95.2 Å². The average molecular weight is 400 g/mol. The second-order valence-electron chi connectivity index (χ2n) is 7.05. The van der Waals surface area contributed by atoms with Crippen molar-refractivity contribution in [2.75, 3.05) is 6.54 Å². The van der Waals surface area contributed by atoms with Crippen LogP contribution in [0.2, 0.25) is 0 Å². The second kappa shape index (κ2) is 8.73. The fraction of sp³-hybridized carbons (Fsp3) is 0.217. The summed E-state index contributed by atoms with van der Waals surface area (Å²) < 4.78 is 1.60. The Kier molecular flexibility index (Phi) is 5.70. The molecule has 0 spiro atoms. The molecule has 7 heteroatoms. The first-order chi connectivity index (χ1) is 14.7. The van der Waals surface area contributed by atoms with Gasteiger partial charge in [0.15, 0.2) is 5.69 Å². The van der Waals surface area contributed by atoms with Gasteiger partial charge in [0.1, 0.15) is 5.69 Å². The molecule has 1 aromatic heterocycles. The van der Waals surface area contributed by atoms with Crippen LogP contribution in [0.15, 0.2) is 59.6 Å². The van der Waals surface area contributed by atoms with Crippen LogP contribution in [0, 0.1) is 0 Å². The Labute approximate surface area is 174 Å². The molecule has 2 aromatic carbocycles. The van der Waals surface area contributed by atoms with Crippen molar-refractivity contribution in [1.82, 2.24) is 20.3 Å². The van der Waals surface area contributed by atoms with Crippen molar-refractivity contribution in [1.29, 1.82) is 0 Å². The van der Waals surface area contributed by atoms with Crippen molar-refractivity contribution in [3.05, 3.63) is 77.1 Å². The van der Waals surface area contributed by atoms with Gasteiger partial charge in [0, 0.05) is 12.6 Å².